The molecule has 0 saturated heterocycles. The van der Waals surface area contributed by atoms with Gasteiger partial charge in [0, 0.05) is 11.6 Å². The molecule has 1 aromatic heterocycles. The normalized spacial score (nSPS) is 9.92. The topological polar surface area (TPSA) is 35.3 Å². The fourth-order valence-corrected chi connectivity index (χ4v) is 1.12. The predicted molar refractivity (Wildman–Crippen MR) is 48.5 cm³/mol. The first kappa shape index (κ1) is 7.86. The molecular weight excluding hydrogens is 166 g/mol. The Labute approximate surface area is 75.9 Å². The van der Waals surface area contributed by atoms with Gasteiger partial charge in [0.2, 0.25) is 0 Å². The predicted octanol–water partition coefficient (Wildman–Crippen LogP) is 2.35. The first-order valence-corrected chi connectivity index (χ1v) is 3.95. The molecule has 0 fully saturated rings. The van der Waals surface area contributed by atoms with Crippen LogP contribution in [0.1, 0.15) is 0 Å². The van der Waals surface area contributed by atoms with E-state index in [-0.39, 0.29) is 0 Å². The van der Waals surface area contributed by atoms with Crippen molar-refractivity contribution in [2.24, 2.45) is 0 Å². The minimum atomic E-state index is 0.836. The first-order valence-electron chi connectivity index (χ1n) is 3.95. The summed E-state index contributed by atoms with van der Waals surface area (Å²) in [4.78, 5) is 0. The zero-order chi connectivity index (χ0) is 9.10. The number of ether oxygens (including phenoxy) is 1. The second-order valence-electron chi connectivity index (χ2n) is 2.61. The van der Waals surface area contributed by atoms with Crippen LogP contribution in [0.25, 0.3) is 11.3 Å². The van der Waals surface area contributed by atoms with Crippen molar-refractivity contribution in [2.75, 3.05) is 7.11 Å². The van der Waals surface area contributed by atoms with Crippen LogP contribution in [0.15, 0.2) is 41.1 Å². The van der Waals surface area contributed by atoms with Crippen molar-refractivity contribution in [3.05, 3.63) is 36.6 Å². The lowest BCUT2D eigenvalue weighted by Gasteiger charge is -1.99. The summed E-state index contributed by atoms with van der Waals surface area (Å²) in [6, 6.07) is 9.49. The lowest BCUT2D eigenvalue weighted by molar-refractivity contribution is 0.414. The van der Waals surface area contributed by atoms with Crippen molar-refractivity contribution < 1.29 is 9.26 Å². The van der Waals surface area contributed by atoms with E-state index in [4.69, 9.17) is 9.26 Å². The average Bonchev–Trinajstić information content (AvgIpc) is 2.71. The summed E-state index contributed by atoms with van der Waals surface area (Å²) < 4.78 is 9.79. The summed E-state index contributed by atoms with van der Waals surface area (Å²) in [5.41, 5.74) is 1.86. The van der Waals surface area contributed by atoms with E-state index >= 15 is 0 Å². The van der Waals surface area contributed by atoms with Crippen LogP contribution in [0.3, 0.4) is 0 Å². The molecule has 0 aliphatic carbocycles. The van der Waals surface area contributed by atoms with Gasteiger partial charge in [-0.15, -0.1) is 0 Å². The highest BCUT2D eigenvalue weighted by Crippen LogP contribution is 2.20. The third kappa shape index (κ3) is 1.54. The van der Waals surface area contributed by atoms with Crippen LogP contribution in [0, 0.1) is 0 Å². The van der Waals surface area contributed by atoms with Crippen molar-refractivity contribution in [1.29, 1.82) is 0 Å². The highest BCUT2D eigenvalue weighted by Gasteiger charge is 1.99. The van der Waals surface area contributed by atoms with E-state index in [0.29, 0.717) is 0 Å². The van der Waals surface area contributed by atoms with E-state index in [1.807, 2.05) is 30.3 Å². The van der Waals surface area contributed by atoms with Crippen LogP contribution in [0.5, 0.6) is 5.75 Å². The van der Waals surface area contributed by atoms with Crippen LogP contribution in [0.2, 0.25) is 0 Å². The highest BCUT2D eigenvalue weighted by atomic mass is 16.5. The quantitative estimate of drug-likeness (QED) is 0.702. The largest absolute Gasteiger partial charge is 0.497 e. The number of rotatable bonds is 2. The maximum Gasteiger partial charge on any atom is 0.124 e. The second kappa shape index (κ2) is 3.31. The van der Waals surface area contributed by atoms with E-state index in [9.17, 15) is 0 Å². The van der Waals surface area contributed by atoms with Gasteiger partial charge in [-0.3, -0.25) is 0 Å². The molecule has 1 heterocycles. The fourth-order valence-electron chi connectivity index (χ4n) is 1.12. The van der Waals surface area contributed by atoms with Gasteiger partial charge in [0.05, 0.1) is 7.11 Å². The monoisotopic (exact) mass is 175 g/mol. The molecule has 13 heavy (non-hydrogen) atoms. The third-order valence-electron chi connectivity index (χ3n) is 1.82. The Kier molecular flexibility index (Phi) is 2.00. The van der Waals surface area contributed by atoms with Crippen molar-refractivity contribution in [3.8, 4) is 17.0 Å². The maximum atomic E-state index is 5.04. The number of hydrogen-bond donors (Lipinski definition) is 0. The van der Waals surface area contributed by atoms with Crippen LogP contribution < -0.4 is 4.74 Å². The van der Waals surface area contributed by atoms with Crippen molar-refractivity contribution in [1.82, 2.24) is 5.16 Å². The summed E-state index contributed by atoms with van der Waals surface area (Å²) in [6.45, 7) is 0. The zero-order valence-corrected chi connectivity index (χ0v) is 7.23. The van der Waals surface area contributed by atoms with Crippen LogP contribution in [-0.2, 0) is 0 Å². The second-order valence-corrected chi connectivity index (χ2v) is 2.61. The first-order chi connectivity index (χ1) is 6.40. The molecular formula is C10H9NO2. The molecule has 0 bridgehead atoms. The lowest BCUT2D eigenvalue weighted by Crippen LogP contribution is -1.82. The SMILES string of the molecule is COc1ccc(-c2ccon2)cc1. The van der Waals surface area contributed by atoms with E-state index in [1.54, 1.807) is 13.4 Å². The van der Waals surface area contributed by atoms with Crippen LogP contribution in [-0.4, -0.2) is 12.3 Å². The standard InChI is InChI=1S/C10H9NO2/c1-12-9-4-2-8(3-5-9)10-6-7-13-11-10/h2-7H,1H3. The number of aromatic nitrogens is 1. The van der Waals surface area contributed by atoms with Crippen molar-refractivity contribution in [2.45, 2.75) is 0 Å². The Hall–Kier alpha value is -1.77. The van der Waals surface area contributed by atoms with E-state index in [1.165, 1.54) is 0 Å². The van der Waals surface area contributed by atoms with E-state index < -0.39 is 0 Å². The number of hydrogen-bond acceptors (Lipinski definition) is 3. The van der Waals surface area contributed by atoms with Gasteiger partial charge in [0.15, 0.2) is 0 Å². The third-order valence-corrected chi connectivity index (χ3v) is 1.82. The van der Waals surface area contributed by atoms with E-state index in [2.05, 4.69) is 5.16 Å². The zero-order valence-electron chi connectivity index (χ0n) is 7.23. The van der Waals surface area contributed by atoms with Gasteiger partial charge in [0.1, 0.15) is 17.7 Å². The molecule has 2 aromatic rings. The minimum Gasteiger partial charge on any atom is -0.497 e. The average molecular weight is 175 g/mol. The van der Waals surface area contributed by atoms with Gasteiger partial charge >= 0.3 is 0 Å². The molecule has 0 radical (unpaired) electrons. The number of methoxy groups -OCH3 is 1. The molecule has 0 N–H and O–H groups in total. The smallest absolute Gasteiger partial charge is 0.124 e. The molecule has 0 spiro atoms. The molecule has 2 rings (SSSR count). The van der Waals surface area contributed by atoms with Crippen molar-refractivity contribution in [3.63, 3.8) is 0 Å². The van der Waals surface area contributed by atoms with Crippen LogP contribution >= 0.6 is 0 Å². The fraction of sp³-hybridized carbons (Fsp3) is 0.100. The Morgan fingerprint density at radius 1 is 1.15 bits per heavy atom. The van der Waals surface area contributed by atoms with Gasteiger partial charge in [-0.05, 0) is 24.3 Å². The molecule has 0 amide bonds. The number of benzene rings is 1. The van der Waals surface area contributed by atoms with Gasteiger partial charge in [0.25, 0.3) is 0 Å². The molecule has 0 aliphatic heterocycles. The minimum absolute atomic E-state index is 0.836. The Balaban J connectivity index is 2.33. The molecule has 1 aromatic carbocycles. The Morgan fingerprint density at radius 2 is 1.92 bits per heavy atom. The van der Waals surface area contributed by atoms with Crippen LogP contribution in [0.4, 0.5) is 0 Å². The molecule has 0 saturated carbocycles. The summed E-state index contributed by atoms with van der Waals surface area (Å²) in [6.07, 6.45) is 1.56. The molecule has 66 valence electrons. The summed E-state index contributed by atoms with van der Waals surface area (Å²) >= 11 is 0. The summed E-state index contributed by atoms with van der Waals surface area (Å²) in [5.74, 6) is 0.840. The summed E-state index contributed by atoms with van der Waals surface area (Å²) in [5, 5.41) is 3.83. The van der Waals surface area contributed by atoms with E-state index in [0.717, 1.165) is 17.0 Å². The Morgan fingerprint density at radius 3 is 2.46 bits per heavy atom. The molecule has 3 nitrogen and oxygen atoms in total. The number of nitrogens with zero attached hydrogens (tertiary/aromatic N) is 1. The van der Waals surface area contributed by atoms with Gasteiger partial charge in [-0.25, -0.2) is 0 Å². The highest BCUT2D eigenvalue weighted by molar-refractivity contribution is 5.58. The lowest BCUT2D eigenvalue weighted by atomic mass is 10.1. The van der Waals surface area contributed by atoms with Crippen molar-refractivity contribution >= 4 is 0 Å². The maximum absolute atomic E-state index is 5.04. The molecule has 3 heteroatoms. The summed E-state index contributed by atoms with van der Waals surface area (Å²) in [7, 11) is 1.64. The molecule has 0 aliphatic rings. The Bertz CT molecular complexity index is 364. The molecule has 0 unspecified atom stereocenters. The van der Waals surface area contributed by atoms with Gasteiger partial charge in [-0.2, -0.15) is 0 Å². The molecule has 0 atom stereocenters. The van der Waals surface area contributed by atoms with Gasteiger partial charge < -0.3 is 9.26 Å². The van der Waals surface area contributed by atoms with Gasteiger partial charge in [-0.1, -0.05) is 5.16 Å².